The molecule has 2 heterocycles. The maximum Gasteiger partial charge on any atom is 0.101 e. The molecule has 0 aromatic carbocycles. The second-order valence-electron chi connectivity index (χ2n) is 3.52. The van der Waals surface area contributed by atoms with Crippen LogP contribution in [0.4, 0.5) is 0 Å². The van der Waals surface area contributed by atoms with Crippen LogP contribution in [0.2, 0.25) is 0 Å². The summed E-state index contributed by atoms with van der Waals surface area (Å²) in [6.07, 6.45) is 3.79. The van der Waals surface area contributed by atoms with Crippen LogP contribution >= 0.6 is 0 Å². The molecule has 4 heteroatoms. The minimum absolute atomic E-state index is 0.135. The fourth-order valence-corrected chi connectivity index (χ4v) is 1.73. The van der Waals surface area contributed by atoms with Crippen LogP contribution < -0.4 is 5.73 Å². The molecule has 0 unspecified atom stereocenters. The highest BCUT2D eigenvalue weighted by molar-refractivity contribution is 5.05. The molecule has 1 saturated heterocycles. The number of aryl methyl sites for hydroxylation is 1. The van der Waals surface area contributed by atoms with Crippen LogP contribution in [0.1, 0.15) is 24.6 Å². The molecule has 13 heavy (non-hydrogen) atoms. The van der Waals surface area contributed by atoms with Crippen LogP contribution in [-0.2, 0) is 11.8 Å². The van der Waals surface area contributed by atoms with E-state index in [9.17, 15) is 0 Å². The van der Waals surface area contributed by atoms with Crippen molar-refractivity contribution in [1.82, 2.24) is 9.78 Å². The summed E-state index contributed by atoms with van der Waals surface area (Å²) in [5.41, 5.74) is 6.99. The molecule has 2 rings (SSSR count). The summed E-state index contributed by atoms with van der Waals surface area (Å²) in [5, 5.41) is 4.11. The fourth-order valence-electron chi connectivity index (χ4n) is 1.73. The molecular weight excluding hydrogens is 166 g/mol. The van der Waals surface area contributed by atoms with Gasteiger partial charge in [-0.1, -0.05) is 0 Å². The second-order valence-corrected chi connectivity index (χ2v) is 3.52. The number of hydrogen-bond acceptors (Lipinski definition) is 3. The average molecular weight is 181 g/mol. The lowest BCUT2D eigenvalue weighted by Crippen LogP contribution is -2.31. The smallest absolute Gasteiger partial charge is 0.101 e. The van der Waals surface area contributed by atoms with Gasteiger partial charge in [-0.15, -0.1) is 0 Å². The van der Waals surface area contributed by atoms with E-state index in [4.69, 9.17) is 10.5 Å². The molecule has 2 atom stereocenters. The third-order valence-corrected chi connectivity index (χ3v) is 2.51. The Bertz CT molecular complexity index is 284. The number of nitrogens with zero attached hydrogens (tertiary/aromatic N) is 2. The Morgan fingerprint density at radius 2 is 2.54 bits per heavy atom. The van der Waals surface area contributed by atoms with Crippen LogP contribution in [0.5, 0.6) is 0 Å². The number of hydrogen-bond donors (Lipinski definition) is 1. The van der Waals surface area contributed by atoms with Crippen LogP contribution in [0.3, 0.4) is 0 Å². The molecule has 4 nitrogen and oxygen atoms in total. The molecule has 1 aromatic rings. The van der Waals surface area contributed by atoms with E-state index in [1.54, 1.807) is 6.20 Å². The van der Waals surface area contributed by atoms with Gasteiger partial charge in [0.15, 0.2) is 0 Å². The summed E-state index contributed by atoms with van der Waals surface area (Å²) in [5.74, 6) is 0. The molecular formula is C9H15N3O. The summed E-state index contributed by atoms with van der Waals surface area (Å²) in [4.78, 5) is 0. The largest absolute Gasteiger partial charge is 0.372 e. The van der Waals surface area contributed by atoms with Crippen LogP contribution in [0.25, 0.3) is 0 Å². The summed E-state index contributed by atoms with van der Waals surface area (Å²) >= 11 is 0. The van der Waals surface area contributed by atoms with E-state index in [0.29, 0.717) is 0 Å². The van der Waals surface area contributed by atoms with Gasteiger partial charge in [-0.3, -0.25) is 4.68 Å². The van der Waals surface area contributed by atoms with Crippen molar-refractivity contribution in [3.8, 4) is 0 Å². The summed E-state index contributed by atoms with van der Waals surface area (Å²) in [6, 6.07) is 2.26. The van der Waals surface area contributed by atoms with Gasteiger partial charge in [0.2, 0.25) is 0 Å². The van der Waals surface area contributed by atoms with Gasteiger partial charge in [-0.2, -0.15) is 5.10 Å². The molecule has 1 aliphatic rings. The topological polar surface area (TPSA) is 53.1 Å². The lowest BCUT2D eigenvalue weighted by molar-refractivity contribution is 0.00198. The molecule has 0 aliphatic carbocycles. The van der Waals surface area contributed by atoms with Gasteiger partial charge in [0, 0.05) is 25.9 Å². The number of nitrogens with two attached hydrogens (primary N) is 1. The monoisotopic (exact) mass is 181 g/mol. The zero-order valence-electron chi connectivity index (χ0n) is 7.81. The van der Waals surface area contributed by atoms with Crippen molar-refractivity contribution in [3.05, 3.63) is 18.0 Å². The lowest BCUT2D eigenvalue weighted by atomic mass is 10.0. The lowest BCUT2D eigenvalue weighted by Gasteiger charge is -2.27. The van der Waals surface area contributed by atoms with Gasteiger partial charge in [0.05, 0.1) is 5.69 Å². The number of aromatic nitrogens is 2. The maximum absolute atomic E-state index is 5.87. The number of rotatable bonds is 1. The fraction of sp³-hybridized carbons (Fsp3) is 0.667. The standard InChI is InChI=1S/C9H15N3O/c1-12-8(2-4-11-12)9-6-7(10)3-5-13-9/h2,4,7,9H,3,5-6,10H2,1H3/t7-,9-/m1/s1. The maximum atomic E-state index is 5.87. The highest BCUT2D eigenvalue weighted by atomic mass is 16.5. The highest BCUT2D eigenvalue weighted by Crippen LogP contribution is 2.26. The van der Waals surface area contributed by atoms with Crippen LogP contribution in [0.15, 0.2) is 12.3 Å². The predicted octanol–water partition coefficient (Wildman–Crippen LogP) is 0.599. The van der Waals surface area contributed by atoms with E-state index in [-0.39, 0.29) is 12.1 Å². The van der Waals surface area contributed by atoms with Crippen molar-refractivity contribution >= 4 is 0 Å². The Kier molecular flexibility index (Phi) is 2.33. The highest BCUT2D eigenvalue weighted by Gasteiger charge is 2.23. The Morgan fingerprint density at radius 3 is 3.15 bits per heavy atom. The SMILES string of the molecule is Cn1nccc1[C@H]1C[C@H](N)CCO1. The summed E-state index contributed by atoms with van der Waals surface area (Å²) < 4.78 is 7.48. The van der Waals surface area contributed by atoms with E-state index < -0.39 is 0 Å². The van der Waals surface area contributed by atoms with Crippen molar-refractivity contribution in [2.75, 3.05) is 6.61 Å². The molecule has 2 N–H and O–H groups in total. The zero-order valence-corrected chi connectivity index (χ0v) is 7.81. The second kappa shape index (κ2) is 3.47. The normalized spacial score (nSPS) is 29.1. The molecule has 0 radical (unpaired) electrons. The Labute approximate surface area is 77.7 Å². The Balaban J connectivity index is 2.12. The summed E-state index contributed by atoms with van der Waals surface area (Å²) in [6.45, 7) is 0.761. The van der Waals surface area contributed by atoms with Crippen molar-refractivity contribution in [2.45, 2.75) is 25.0 Å². The van der Waals surface area contributed by atoms with E-state index >= 15 is 0 Å². The first kappa shape index (κ1) is 8.72. The van der Waals surface area contributed by atoms with E-state index in [1.807, 2.05) is 17.8 Å². The van der Waals surface area contributed by atoms with Crippen molar-refractivity contribution in [2.24, 2.45) is 12.8 Å². The third kappa shape index (κ3) is 1.73. The first-order chi connectivity index (χ1) is 6.27. The Morgan fingerprint density at radius 1 is 1.69 bits per heavy atom. The minimum atomic E-state index is 0.135. The quantitative estimate of drug-likeness (QED) is 0.690. The predicted molar refractivity (Wildman–Crippen MR) is 49.1 cm³/mol. The molecule has 0 spiro atoms. The zero-order chi connectivity index (χ0) is 9.26. The van der Waals surface area contributed by atoms with Gasteiger partial charge < -0.3 is 10.5 Å². The third-order valence-electron chi connectivity index (χ3n) is 2.51. The van der Waals surface area contributed by atoms with Crippen molar-refractivity contribution in [1.29, 1.82) is 0 Å². The average Bonchev–Trinajstić information content (AvgIpc) is 2.51. The molecule has 0 bridgehead atoms. The van der Waals surface area contributed by atoms with E-state index in [0.717, 1.165) is 25.1 Å². The van der Waals surface area contributed by atoms with Crippen LogP contribution in [0, 0.1) is 0 Å². The Hall–Kier alpha value is -0.870. The van der Waals surface area contributed by atoms with Gasteiger partial charge in [-0.05, 0) is 18.9 Å². The van der Waals surface area contributed by atoms with E-state index in [2.05, 4.69) is 5.10 Å². The molecule has 1 aliphatic heterocycles. The molecule has 0 amide bonds. The van der Waals surface area contributed by atoms with Gasteiger partial charge >= 0.3 is 0 Å². The molecule has 1 fully saturated rings. The molecule has 0 saturated carbocycles. The van der Waals surface area contributed by atoms with Gasteiger partial charge in [0.25, 0.3) is 0 Å². The molecule has 1 aromatic heterocycles. The minimum Gasteiger partial charge on any atom is -0.372 e. The van der Waals surface area contributed by atoms with E-state index in [1.165, 1.54) is 0 Å². The number of ether oxygens (including phenoxy) is 1. The summed E-state index contributed by atoms with van der Waals surface area (Å²) in [7, 11) is 1.93. The van der Waals surface area contributed by atoms with Gasteiger partial charge in [0.1, 0.15) is 6.10 Å². The first-order valence-corrected chi connectivity index (χ1v) is 4.62. The van der Waals surface area contributed by atoms with Gasteiger partial charge in [-0.25, -0.2) is 0 Å². The molecule has 72 valence electrons. The first-order valence-electron chi connectivity index (χ1n) is 4.62. The van der Waals surface area contributed by atoms with Crippen molar-refractivity contribution in [3.63, 3.8) is 0 Å². The van der Waals surface area contributed by atoms with Crippen molar-refractivity contribution < 1.29 is 4.74 Å². The van der Waals surface area contributed by atoms with Crippen LogP contribution in [-0.4, -0.2) is 22.4 Å².